The molecule has 2 heterocycles. The van der Waals surface area contributed by atoms with Crippen LogP contribution in [0.15, 0.2) is 22.7 Å². The fourth-order valence-corrected chi connectivity index (χ4v) is 4.33. The number of likely N-dealkylation sites (tertiary alicyclic amines) is 1. The van der Waals surface area contributed by atoms with Crippen molar-refractivity contribution in [2.45, 2.75) is 58.3 Å². The number of amides is 1. The number of piperidine rings is 1. The molecule has 0 radical (unpaired) electrons. The van der Waals surface area contributed by atoms with Gasteiger partial charge in [0.25, 0.3) is 5.91 Å². The lowest BCUT2D eigenvalue weighted by Crippen LogP contribution is -2.46. The van der Waals surface area contributed by atoms with Crippen LogP contribution in [-0.4, -0.2) is 34.0 Å². The van der Waals surface area contributed by atoms with E-state index in [2.05, 4.69) is 16.2 Å². The van der Waals surface area contributed by atoms with E-state index < -0.39 is 0 Å². The van der Waals surface area contributed by atoms with Crippen LogP contribution in [0.4, 0.5) is 0 Å². The van der Waals surface area contributed by atoms with Crippen LogP contribution in [0.1, 0.15) is 65.3 Å². The first-order valence-corrected chi connectivity index (χ1v) is 9.64. The van der Waals surface area contributed by atoms with Gasteiger partial charge in [0, 0.05) is 31.0 Å². The van der Waals surface area contributed by atoms with E-state index in [1.807, 2.05) is 37.8 Å². The molecular weight excluding hydrogens is 326 g/mol. The van der Waals surface area contributed by atoms with E-state index in [0.29, 0.717) is 5.89 Å². The number of hydrogen-bond acceptors (Lipinski definition) is 4. The number of aryl methyl sites for hydroxylation is 3. The van der Waals surface area contributed by atoms with E-state index in [1.165, 1.54) is 12.8 Å². The minimum atomic E-state index is -0.0295. The predicted octanol–water partition coefficient (Wildman–Crippen LogP) is 3.97. The molecule has 0 atom stereocenters. The number of hydrogen-bond donors (Lipinski definition) is 0. The molecule has 0 unspecified atom stereocenters. The lowest BCUT2D eigenvalue weighted by Gasteiger charge is -2.40. The summed E-state index contributed by atoms with van der Waals surface area (Å²) in [6.45, 7) is 7.44. The first-order chi connectivity index (χ1) is 12.4. The Labute approximate surface area is 154 Å². The van der Waals surface area contributed by atoms with Crippen molar-refractivity contribution < 1.29 is 9.32 Å². The molecule has 1 aliphatic carbocycles. The fourth-order valence-electron chi connectivity index (χ4n) is 4.33. The van der Waals surface area contributed by atoms with Crippen molar-refractivity contribution in [3.8, 4) is 0 Å². The maximum absolute atomic E-state index is 13.0. The van der Waals surface area contributed by atoms with Crippen LogP contribution in [0.5, 0.6) is 0 Å². The summed E-state index contributed by atoms with van der Waals surface area (Å²) in [5, 5.41) is 4.25. The standard InChI is InChI=1S/C21H27N3O2/c1-14-10-15(2)12-18(11-14)19(25)24-8-6-21(7-9-24,13-17-4-5-17)20-22-16(3)26-23-20/h10-12,17H,4-9,13H2,1-3H3. The van der Waals surface area contributed by atoms with Crippen LogP contribution in [0.2, 0.25) is 0 Å². The van der Waals surface area contributed by atoms with Crippen molar-refractivity contribution in [1.82, 2.24) is 15.0 Å². The Morgan fingerprint density at radius 1 is 1.15 bits per heavy atom. The highest BCUT2D eigenvalue weighted by Crippen LogP contribution is 2.46. The minimum Gasteiger partial charge on any atom is -0.340 e. The molecule has 26 heavy (non-hydrogen) atoms. The second-order valence-corrected chi connectivity index (χ2v) is 8.23. The molecule has 4 rings (SSSR count). The molecule has 2 aromatic rings. The number of benzene rings is 1. The van der Waals surface area contributed by atoms with E-state index in [1.54, 1.807) is 0 Å². The Morgan fingerprint density at radius 2 is 1.81 bits per heavy atom. The zero-order valence-electron chi connectivity index (χ0n) is 15.9. The molecule has 0 N–H and O–H groups in total. The number of rotatable bonds is 4. The monoisotopic (exact) mass is 353 g/mol. The average Bonchev–Trinajstić information content (AvgIpc) is 3.30. The average molecular weight is 353 g/mol. The Bertz CT molecular complexity index is 794. The summed E-state index contributed by atoms with van der Waals surface area (Å²) in [6.07, 6.45) is 5.57. The summed E-state index contributed by atoms with van der Waals surface area (Å²) in [5.41, 5.74) is 3.04. The molecule has 1 saturated carbocycles. The van der Waals surface area contributed by atoms with Crippen molar-refractivity contribution in [2.75, 3.05) is 13.1 Å². The van der Waals surface area contributed by atoms with Gasteiger partial charge in [-0.2, -0.15) is 4.98 Å². The predicted molar refractivity (Wildman–Crippen MR) is 99.1 cm³/mol. The minimum absolute atomic E-state index is 0.0295. The summed E-state index contributed by atoms with van der Waals surface area (Å²) < 4.78 is 5.27. The smallest absolute Gasteiger partial charge is 0.253 e. The largest absolute Gasteiger partial charge is 0.340 e. The van der Waals surface area contributed by atoms with Crippen LogP contribution in [0, 0.1) is 26.7 Å². The Balaban J connectivity index is 1.51. The van der Waals surface area contributed by atoms with Crippen LogP contribution < -0.4 is 0 Å². The second-order valence-electron chi connectivity index (χ2n) is 8.23. The number of aromatic nitrogens is 2. The summed E-state index contributed by atoms with van der Waals surface area (Å²) in [5.74, 6) is 2.40. The quantitative estimate of drug-likeness (QED) is 0.834. The molecular formula is C21H27N3O2. The molecule has 1 amide bonds. The van der Waals surface area contributed by atoms with E-state index in [4.69, 9.17) is 4.52 Å². The van der Waals surface area contributed by atoms with Gasteiger partial charge >= 0.3 is 0 Å². The molecule has 138 valence electrons. The Morgan fingerprint density at radius 3 is 2.35 bits per heavy atom. The first kappa shape index (κ1) is 17.3. The molecule has 5 nitrogen and oxygen atoms in total. The summed E-state index contributed by atoms with van der Waals surface area (Å²) >= 11 is 0. The van der Waals surface area contributed by atoms with E-state index in [-0.39, 0.29) is 11.3 Å². The van der Waals surface area contributed by atoms with Crippen molar-refractivity contribution >= 4 is 5.91 Å². The zero-order valence-corrected chi connectivity index (χ0v) is 15.9. The highest BCUT2D eigenvalue weighted by atomic mass is 16.5. The molecule has 2 aliphatic rings. The maximum atomic E-state index is 13.0. The van der Waals surface area contributed by atoms with Gasteiger partial charge in [0.15, 0.2) is 5.82 Å². The molecule has 1 saturated heterocycles. The number of carbonyl (C=O) groups excluding carboxylic acids is 1. The van der Waals surface area contributed by atoms with E-state index in [9.17, 15) is 4.79 Å². The van der Waals surface area contributed by atoms with Gasteiger partial charge in [0.2, 0.25) is 5.89 Å². The van der Waals surface area contributed by atoms with Gasteiger partial charge in [-0.3, -0.25) is 4.79 Å². The topological polar surface area (TPSA) is 59.2 Å². The SMILES string of the molecule is Cc1cc(C)cc(C(=O)N2CCC(CC3CC3)(c3noc(C)n3)CC2)c1. The normalized spacial score (nSPS) is 19.6. The van der Waals surface area contributed by atoms with Gasteiger partial charge in [-0.1, -0.05) is 35.2 Å². The van der Waals surface area contributed by atoms with Gasteiger partial charge in [0.05, 0.1) is 0 Å². The van der Waals surface area contributed by atoms with Gasteiger partial charge in [-0.15, -0.1) is 0 Å². The second kappa shape index (κ2) is 6.53. The molecule has 1 aromatic carbocycles. The van der Waals surface area contributed by atoms with Gasteiger partial charge in [-0.25, -0.2) is 0 Å². The van der Waals surface area contributed by atoms with Crippen molar-refractivity contribution in [2.24, 2.45) is 5.92 Å². The van der Waals surface area contributed by atoms with Gasteiger partial charge in [0.1, 0.15) is 0 Å². The van der Waals surface area contributed by atoms with Crippen LogP contribution in [0.3, 0.4) is 0 Å². The Hall–Kier alpha value is -2.17. The zero-order chi connectivity index (χ0) is 18.3. The van der Waals surface area contributed by atoms with Crippen molar-refractivity contribution in [3.63, 3.8) is 0 Å². The van der Waals surface area contributed by atoms with Crippen molar-refractivity contribution in [1.29, 1.82) is 0 Å². The van der Waals surface area contributed by atoms with Gasteiger partial charge < -0.3 is 9.42 Å². The van der Waals surface area contributed by atoms with Crippen LogP contribution in [0.25, 0.3) is 0 Å². The lowest BCUT2D eigenvalue weighted by molar-refractivity contribution is 0.0645. The molecule has 2 fully saturated rings. The lowest BCUT2D eigenvalue weighted by atomic mass is 9.73. The summed E-state index contributed by atoms with van der Waals surface area (Å²) in [7, 11) is 0. The van der Waals surface area contributed by atoms with Crippen LogP contribution in [-0.2, 0) is 5.41 Å². The molecule has 0 spiro atoms. The van der Waals surface area contributed by atoms with Gasteiger partial charge in [-0.05, 0) is 51.2 Å². The molecule has 1 aromatic heterocycles. The summed E-state index contributed by atoms with van der Waals surface area (Å²) in [4.78, 5) is 19.5. The third kappa shape index (κ3) is 3.39. The summed E-state index contributed by atoms with van der Waals surface area (Å²) in [6, 6.07) is 6.08. The third-order valence-electron chi connectivity index (χ3n) is 5.85. The fraction of sp³-hybridized carbons (Fsp3) is 0.571. The van der Waals surface area contributed by atoms with E-state index >= 15 is 0 Å². The highest BCUT2D eigenvalue weighted by molar-refractivity contribution is 5.94. The molecule has 1 aliphatic heterocycles. The maximum Gasteiger partial charge on any atom is 0.253 e. The number of carbonyl (C=O) groups is 1. The highest BCUT2D eigenvalue weighted by Gasteiger charge is 2.44. The van der Waals surface area contributed by atoms with E-state index in [0.717, 1.165) is 60.8 Å². The third-order valence-corrected chi connectivity index (χ3v) is 5.85. The Kier molecular flexibility index (Phi) is 4.33. The van der Waals surface area contributed by atoms with Crippen LogP contribution >= 0.6 is 0 Å². The number of nitrogens with zero attached hydrogens (tertiary/aromatic N) is 3. The van der Waals surface area contributed by atoms with Crippen molar-refractivity contribution in [3.05, 3.63) is 46.6 Å². The molecule has 5 heteroatoms. The first-order valence-electron chi connectivity index (χ1n) is 9.64. The molecule has 0 bridgehead atoms.